The number of aromatic nitrogens is 2. The van der Waals surface area contributed by atoms with Gasteiger partial charge in [-0.1, -0.05) is 19.9 Å². The van der Waals surface area contributed by atoms with Crippen molar-refractivity contribution in [2.24, 2.45) is 5.92 Å². The van der Waals surface area contributed by atoms with Crippen LogP contribution in [0.3, 0.4) is 0 Å². The topological polar surface area (TPSA) is 25.8 Å². The molecule has 0 N–H and O–H groups in total. The largest absolute Gasteiger partial charge is 0.206 e. The zero-order valence-corrected chi connectivity index (χ0v) is 10.8. The fourth-order valence-electron chi connectivity index (χ4n) is 2.64. The van der Waals surface area contributed by atoms with Gasteiger partial charge in [0.05, 0.1) is 17.0 Å². The summed E-state index contributed by atoms with van der Waals surface area (Å²) in [4.78, 5) is 0. The third-order valence-corrected chi connectivity index (χ3v) is 3.98. The van der Waals surface area contributed by atoms with Gasteiger partial charge in [0.2, 0.25) is 0 Å². The quantitative estimate of drug-likeness (QED) is 0.781. The second kappa shape index (κ2) is 4.37. The first kappa shape index (κ1) is 12.2. The van der Waals surface area contributed by atoms with Crippen molar-refractivity contribution in [1.29, 1.82) is 0 Å². The number of fused-ring (bicyclic) bond motifs is 1. The molecule has 0 spiro atoms. The first-order valence-corrected chi connectivity index (χ1v) is 6.39. The van der Waals surface area contributed by atoms with Gasteiger partial charge < -0.3 is 0 Å². The van der Waals surface area contributed by atoms with Crippen LogP contribution in [-0.2, 0) is 6.42 Å². The summed E-state index contributed by atoms with van der Waals surface area (Å²) >= 11 is 0. The predicted molar refractivity (Wildman–Crippen MR) is 68.7 cm³/mol. The number of hydrogen-bond acceptors (Lipinski definition) is 2. The van der Waals surface area contributed by atoms with Crippen LogP contribution in [0.15, 0.2) is 24.3 Å². The van der Waals surface area contributed by atoms with Crippen molar-refractivity contribution in [3.63, 3.8) is 0 Å². The number of benzene rings is 1. The lowest BCUT2D eigenvalue weighted by molar-refractivity contribution is 0.530. The molecule has 1 unspecified atom stereocenters. The van der Waals surface area contributed by atoms with E-state index in [4.69, 9.17) is 0 Å². The van der Waals surface area contributed by atoms with E-state index in [1.165, 1.54) is 18.2 Å². The Labute approximate surface area is 110 Å². The molecule has 1 aromatic heterocycles. The monoisotopic (exact) mass is 260 g/mol. The van der Waals surface area contributed by atoms with Gasteiger partial charge in [-0.2, -0.15) is 10.2 Å². The third-order valence-electron chi connectivity index (χ3n) is 3.98. The number of halogens is 2. The van der Waals surface area contributed by atoms with Crippen LogP contribution in [0.2, 0.25) is 0 Å². The average molecular weight is 260 g/mol. The summed E-state index contributed by atoms with van der Waals surface area (Å²) in [5, 5.41) is 8.12. The van der Waals surface area contributed by atoms with Crippen LogP contribution in [-0.4, -0.2) is 10.2 Å². The lowest BCUT2D eigenvalue weighted by Gasteiger charge is -2.10. The van der Waals surface area contributed by atoms with E-state index in [-0.39, 0.29) is 11.3 Å². The van der Waals surface area contributed by atoms with E-state index in [0.717, 1.165) is 17.7 Å². The van der Waals surface area contributed by atoms with Gasteiger partial charge in [-0.05, 0) is 42.0 Å². The van der Waals surface area contributed by atoms with Crippen LogP contribution in [0.5, 0.6) is 0 Å². The molecule has 0 radical (unpaired) electrons. The maximum atomic E-state index is 13.8. The molecule has 0 aliphatic heterocycles. The van der Waals surface area contributed by atoms with Crippen molar-refractivity contribution in [3.05, 3.63) is 47.2 Å². The number of rotatable bonds is 1. The number of nitrogens with zero attached hydrogens (tertiary/aromatic N) is 2. The van der Waals surface area contributed by atoms with Gasteiger partial charge >= 0.3 is 0 Å². The van der Waals surface area contributed by atoms with Gasteiger partial charge in [0, 0.05) is 0 Å². The van der Waals surface area contributed by atoms with E-state index in [9.17, 15) is 8.78 Å². The second-order valence-corrected chi connectivity index (χ2v) is 5.20. The van der Waals surface area contributed by atoms with Gasteiger partial charge in [-0.25, -0.2) is 8.78 Å². The average Bonchev–Trinajstić information content (AvgIpc) is 2.65. The van der Waals surface area contributed by atoms with Gasteiger partial charge in [0.15, 0.2) is 0 Å². The Bertz CT molecular complexity index is 620. The SMILES string of the molecule is CC1c2cc(-c3c(F)cccc3F)nnc2C[C@H]1C. The third kappa shape index (κ3) is 1.91. The molecule has 2 nitrogen and oxygen atoms in total. The van der Waals surface area contributed by atoms with Crippen LogP contribution in [0.4, 0.5) is 8.78 Å². The van der Waals surface area contributed by atoms with Crippen LogP contribution >= 0.6 is 0 Å². The van der Waals surface area contributed by atoms with E-state index in [1.54, 1.807) is 6.07 Å². The molecule has 1 aliphatic carbocycles. The fraction of sp³-hybridized carbons (Fsp3) is 0.333. The Morgan fingerprint density at radius 2 is 1.79 bits per heavy atom. The molecular weight excluding hydrogens is 246 g/mol. The van der Waals surface area contributed by atoms with E-state index in [2.05, 4.69) is 24.0 Å². The first-order chi connectivity index (χ1) is 9.08. The molecule has 4 heteroatoms. The molecule has 1 aliphatic rings. The lowest BCUT2D eigenvalue weighted by Crippen LogP contribution is -1.99. The highest BCUT2D eigenvalue weighted by atomic mass is 19.1. The van der Waals surface area contributed by atoms with Gasteiger partial charge in [-0.15, -0.1) is 0 Å². The predicted octanol–water partition coefficient (Wildman–Crippen LogP) is 3.72. The highest BCUT2D eigenvalue weighted by molar-refractivity contribution is 5.61. The highest BCUT2D eigenvalue weighted by Crippen LogP contribution is 2.37. The van der Waals surface area contributed by atoms with Crippen LogP contribution < -0.4 is 0 Å². The van der Waals surface area contributed by atoms with Crippen molar-refractivity contribution in [2.45, 2.75) is 26.2 Å². The van der Waals surface area contributed by atoms with Crippen molar-refractivity contribution < 1.29 is 8.78 Å². The molecule has 2 atom stereocenters. The molecule has 1 heterocycles. The summed E-state index contributed by atoms with van der Waals surface area (Å²) in [6.45, 7) is 4.26. The van der Waals surface area contributed by atoms with Crippen molar-refractivity contribution in [1.82, 2.24) is 10.2 Å². The molecule has 0 bridgehead atoms. The Hall–Kier alpha value is -1.84. The molecule has 2 aromatic rings. The van der Waals surface area contributed by atoms with Gasteiger partial charge in [-0.3, -0.25) is 0 Å². The molecule has 0 saturated heterocycles. The molecular formula is C15H14F2N2. The van der Waals surface area contributed by atoms with Crippen molar-refractivity contribution in [3.8, 4) is 11.3 Å². The standard InChI is InChI=1S/C15H14F2N2/c1-8-6-13-10(9(8)2)7-14(19-18-13)15-11(16)4-3-5-12(15)17/h3-5,7-9H,6H2,1-2H3/t8-,9?/m1/s1. The van der Waals surface area contributed by atoms with Crippen LogP contribution in [0.25, 0.3) is 11.3 Å². The molecule has 0 amide bonds. The summed E-state index contributed by atoms with van der Waals surface area (Å²) < 4.78 is 27.5. The summed E-state index contributed by atoms with van der Waals surface area (Å²) in [7, 11) is 0. The zero-order chi connectivity index (χ0) is 13.6. The van der Waals surface area contributed by atoms with Crippen LogP contribution in [0, 0.1) is 17.6 Å². The van der Waals surface area contributed by atoms with Crippen molar-refractivity contribution >= 4 is 0 Å². The first-order valence-electron chi connectivity index (χ1n) is 6.39. The minimum absolute atomic E-state index is 0.0930. The Kier molecular flexibility index (Phi) is 2.81. The molecule has 0 fully saturated rings. The number of hydrogen-bond donors (Lipinski definition) is 0. The lowest BCUT2D eigenvalue weighted by atomic mass is 9.96. The Balaban J connectivity index is 2.14. The van der Waals surface area contributed by atoms with E-state index < -0.39 is 11.6 Å². The van der Waals surface area contributed by atoms with Crippen LogP contribution in [0.1, 0.15) is 31.0 Å². The molecule has 19 heavy (non-hydrogen) atoms. The molecule has 1 aromatic carbocycles. The zero-order valence-electron chi connectivity index (χ0n) is 10.8. The van der Waals surface area contributed by atoms with Gasteiger partial charge in [0.1, 0.15) is 11.6 Å². The fourth-order valence-corrected chi connectivity index (χ4v) is 2.64. The maximum absolute atomic E-state index is 13.8. The summed E-state index contributed by atoms with van der Waals surface area (Å²) in [5.74, 6) is -0.370. The van der Waals surface area contributed by atoms with E-state index in [0.29, 0.717) is 11.8 Å². The second-order valence-electron chi connectivity index (χ2n) is 5.20. The molecule has 98 valence electrons. The smallest absolute Gasteiger partial charge is 0.135 e. The van der Waals surface area contributed by atoms with E-state index >= 15 is 0 Å². The van der Waals surface area contributed by atoms with E-state index in [1.807, 2.05) is 0 Å². The molecule has 0 saturated carbocycles. The maximum Gasteiger partial charge on any atom is 0.135 e. The molecule has 3 rings (SSSR count). The summed E-state index contributed by atoms with van der Waals surface area (Å²) in [5.41, 5.74) is 2.18. The minimum Gasteiger partial charge on any atom is -0.206 e. The minimum atomic E-state index is -0.604. The summed E-state index contributed by atoms with van der Waals surface area (Å²) in [6.07, 6.45) is 0.879. The highest BCUT2D eigenvalue weighted by Gasteiger charge is 2.28. The van der Waals surface area contributed by atoms with Crippen molar-refractivity contribution in [2.75, 3.05) is 0 Å². The Morgan fingerprint density at radius 3 is 2.47 bits per heavy atom. The summed E-state index contributed by atoms with van der Waals surface area (Å²) in [6, 6.07) is 5.59. The van der Waals surface area contributed by atoms with Gasteiger partial charge in [0.25, 0.3) is 0 Å². The Morgan fingerprint density at radius 1 is 1.11 bits per heavy atom. The normalized spacial score (nSPS) is 21.5.